The van der Waals surface area contributed by atoms with Crippen LogP contribution in [-0.2, 0) is 9.84 Å². The van der Waals surface area contributed by atoms with Crippen LogP contribution < -0.4 is 10.2 Å². The Balaban J connectivity index is 1.41. The Morgan fingerprint density at radius 2 is 2.14 bits per heavy atom. The highest BCUT2D eigenvalue weighted by atomic mass is 32.2. The zero-order chi connectivity index (χ0) is 14.7. The minimum Gasteiger partial charge on any atom is -0.346 e. The van der Waals surface area contributed by atoms with Gasteiger partial charge >= 0.3 is 0 Å². The molecule has 6 nitrogen and oxygen atoms in total. The lowest BCUT2D eigenvalue weighted by atomic mass is 10.2. The van der Waals surface area contributed by atoms with E-state index in [0.29, 0.717) is 12.3 Å². The van der Waals surface area contributed by atoms with Crippen LogP contribution in [0.2, 0.25) is 0 Å². The summed E-state index contributed by atoms with van der Waals surface area (Å²) in [4.78, 5) is 9.10. The Morgan fingerprint density at radius 1 is 1.33 bits per heavy atom. The lowest BCUT2D eigenvalue weighted by Crippen LogP contribution is -2.50. The van der Waals surface area contributed by atoms with Crippen molar-refractivity contribution < 1.29 is 8.42 Å². The Kier molecular flexibility index (Phi) is 4.78. The molecule has 0 bridgehead atoms. The van der Waals surface area contributed by atoms with Crippen molar-refractivity contribution in [3.8, 4) is 0 Å². The van der Waals surface area contributed by atoms with Gasteiger partial charge in [0, 0.05) is 50.3 Å². The number of hydrogen-bond acceptors (Lipinski definition) is 7. The summed E-state index contributed by atoms with van der Waals surface area (Å²) in [5.41, 5.74) is 0. The van der Waals surface area contributed by atoms with E-state index < -0.39 is 9.84 Å². The van der Waals surface area contributed by atoms with Gasteiger partial charge in [-0.25, -0.2) is 13.4 Å². The van der Waals surface area contributed by atoms with Gasteiger partial charge in [0.05, 0.1) is 11.5 Å². The number of sulfone groups is 1. The summed E-state index contributed by atoms with van der Waals surface area (Å²) in [6.45, 7) is 5.63. The SMILES string of the molecule is O=S1(=O)CCNC(CCN2CCN(c3nccs3)CC2)C1. The molecule has 0 spiro atoms. The van der Waals surface area contributed by atoms with E-state index in [2.05, 4.69) is 20.1 Å². The van der Waals surface area contributed by atoms with Gasteiger partial charge in [-0.3, -0.25) is 4.90 Å². The van der Waals surface area contributed by atoms with Crippen molar-refractivity contribution in [2.45, 2.75) is 12.5 Å². The second kappa shape index (κ2) is 6.60. The number of rotatable bonds is 4. The van der Waals surface area contributed by atoms with E-state index in [1.165, 1.54) is 0 Å². The van der Waals surface area contributed by atoms with Gasteiger partial charge in [0.25, 0.3) is 0 Å². The summed E-state index contributed by atoms with van der Waals surface area (Å²) in [7, 11) is -2.82. The molecule has 1 aromatic rings. The van der Waals surface area contributed by atoms with Crippen LogP contribution >= 0.6 is 11.3 Å². The van der Waals surface area contributed by atoms with Crippen LogP contribution in [0, 0.1) is 0 Å². The monoisotopic (exact) mass is 330 g/mol. The number of nitrogens with one attached hydrogen (secondary N) is 1. The van der Waals surface area contributed by atoms with Gasteiger partial charge in [-0.15, -0.1) is 11.3 Å². The molecule has 0 amide bonds. The average Bonchev–Trinajstić information content (AvgIpc) is 2.99. The van der Waals surface area contributed by atoms with Crippen molar-refractivity contribution in [3.05, 3.63) is 11.6 Å². The summed E-state index contributed by atoms with van der Waals surface area (Å²) >= 11 is 1.69. The fourth-order valence-corrected chi connectivity index (χ4v) is 5.12. The van der Waals surface area contributed by atoms with Crippen molar-refractivity contribution in [3.63, 3.8) is 0 Å². The fraction of sp³-hybridized carbons (Fsp3) is 0.769. The maximum atomic E-state index is 11.6. The molecule has 3 rings (SSSR count). The topological polar surface area (TPSA) is 65.5 Å². The molecule has 1 unspecified atom stereocenters. The van der Waals surface area contributed by atoms with Gasteiger partial charge in [-0.2, -0.15) is 0 Å². The third-order valence-electron chi connectivity index (χ3n) is 4.16. The van der Waals surface area contributed by atoms with Gasteiger partial charge in [-0.1, -0.05) is 0 Å². The summed E-state index contributed by atoms with van der Waals surface area (Å²) in [5.74, 6) is 0.585. The van der Waals surface area contributed by atoms with E-state index in [0.717, 1.165) is 44.3 Å². The second-order valence-electron chi connectivity index (χ2n) is 5.70. The molecular weight excluding hydrogens is 308 g/mol. The van der Waals surface area contributed by atoms with Crippen molar-refractivity contribution >= 4 is 26.3 Å². The van der Waals surface area contributed by atoms with E-state index in [9.17, 15) is 8.42 Å². The number of nitrogens with zero attached hydrogens (tertiary/aromatic N) is 3. The number of piperazine rings is 1. The summed E-state index contributed by atoms with van der Waals surface area (Å²) in [6, 6.07) is 0.126. The van der Waals surface area contributed by atoms with Crippen molar-refractivity contribution in [1.82, 2.24) is 15.2 Å². The lowest BCUT2D eigenvalue weighted by molar-refractivity contribution is 0.245. The van der Waals surface area contributed by atoms with Gasteiger partial charge in [0.2, 0.25) is 0 Å². The highest BCUT2D eigenvalue weighted by Crippen LogP contribution is 2.19. The van der Waals surface area contributed by atoms with Crippen molar-refractivity contribution in [1.29, 1.82) is 0 Å². The van der Waals surface area contributed by atoms with Crippen LogP contribution in [0.4, 0.5) is 5.13 Å². The summed E-state index contributed by atoms with van der Waals surface area (Å²) < 4.78 is 23.2. The first-order chi connectivity index (χ1) is 10.1. The third kappa shape index (κ3) is 4.15. The minimum atomic E-state index is -2.82. The molecule has 1 aromatic heterocycles. The quantitative estimate of drug-likeness (QED) is 0.841. The third-order valence-corrected chi connectivity index (χ3v) is 6.73. The Hall–Kier alpha value is -0.700. The molecule has 2 aliphatic heterocycles. The smallest absolute Gasteiger partial charge is 0.185 e. The largest absolute Gasteiger partial charge is 0.346 e. The zero-order valence-corrected chi connectivity index (χ0v) is 13.7. The van der Waals surface area contributed by atoms with Crippen molar-refractivity contribution in [2.24, 2.45) is 0 Å². The van der Waals surface area contributed by atoms with Gasteiger partial charge in [0.15, 0.2) is 15.0 Å². The molecule has 0 radical (unpaired) electrons. The molecule has 0 saturated carbocycles. The average molecular weight is 330 g/mol. The Morgan fingerprint density at radius 3 is 2.81 bits per heavy atom. The molecule has 118 valence electrons. The van der Waals surface area contributed by atoms with Gasteiger partial charge in [0.1, 0.15) is 0 Å². The van der Waals surface area contributed by atoms with E-state index in [1.54, 1.807) is 11.3 Å². The Labute approximate surface area is 130 Å². The molecule has 1 atom stereocenters. The molecule has 2 fully saturated rings. The first-order valence-corrected chi connectivity index (χ1v) is 10.1. The second-order valence-corrected chi connectivity index (χ2v) is 8.80. The van der Waals surface area contributed by atoms with E-state index >= 15 is 0 Å². The molecule has 2 aliphatic rings. The number of thiazole rings is 1. The minimum absolute atomic E-state index is 0.126. The lowest BCUT2D eigenvalue weighted by Gasteiger charge is -2.35. The first-order valence-electron chi connectivity index (χ1n) is 7.43. The van der Waals surface area contributed by atoms with Crippen LogP contribution in [0.1, 0.15) is 6.42 Å². The van der Waals surface area contributed by atoms with Gasteiger partial charge < -0.3 is 10.2 Å². The molecule has 21 heavy (non-hydrogen) atoms. The standard InChI is InChI=1S/C13H22N4O2S2/c18-21(19)10-3-14-12(11-21)1-4-16-5-7-17(8-6-16)13-15-2-9-20-13/h2,9,12,14H,1,3-8,10-11H2. The predicted octanol–water partition coefficient (Wildman–Crippen LogP) is 0.0418. The van der Waals surface area contributed by atoms with Crippen LogP contribution in [0.15, 0.2) is 11.6 Å². The highest BCUT2D eigenvalue weighted by Gasteiger charge is 2.25. The van der Waals surface area contributed by atoms with Crippen LogP contribution in [0.3, 0.4) is 0 Å². The molecule has 0 aliphatic carbocycles. The first kappa shape index (κ1) is 15.2. The molecule has 1 N–H and O–H groups in total. The normalized spacial score (nSPS) is 26.9. The van der Waals surface area contributed by atoms with Gasteiger partial charge in [-0.05, 0) is 13.0 Å². The van der Waals surface area contributed by atoms with E-state index in [-0.39, 0.29) is 11.8 Å². The van der Waals surface area contributed by atoms with Crippen molar-refractivity contribution in [2.75, 3.05) is 55.7 Å². The number of aromatic nitrogens is 1. The zero-order valence-electron chi connectivity index (χ0n) is 12.1. The molecule has 8 heteroatoms. The molecule has 2 saturated heterocycles. The molecule has 0 aromatic carbocycles. The Bertz CT molecular complexity index is 539. The molecular formula is C13H22N4O2S2. The van der Waals surface area contributed by atoms with Crippen LogP contribution in [0.5, 0.6) is 0 Å². The molecule has 3 heterocycles. The summed E-state index contributed by atoms with van der Waals surface area (Å²) in [5, 5.41) is 6.44. The highest BCUT2D eigenvalue weighted by molar-refractivity contribution is 7.91. The van der Waals surface area contributed by atoms with Crippen LogP contribution in [0.25, 0.3) is 0 Å². The summed E-state index contributed by atoms with van der Waals surface area (Å²) in [6.07, 6.45) is 2.76. The predicted molar refractivity (Wildman–Crippen MR) is 85.8 cm³/mol. The van der Waals surface area contributed by atoms with Crippen LogP contribution in [-0.4, -0.2) is 75.1 Å². The fourth-order valence-electron chi connectivity index (χ4n) is 2.93. The van der Waals surface area contributed by atoms with E-state index in [1.807, 2.05) is 11.6 Å². The maximum Gasteiger partial charge on any atom is 0.185 e. The number of anilines is 1. The van der Waals surface area contributed by atoms with E-state index in [4.69, 9.17) is 0 Å². The maximum absolute atomic E-state index is 11.6. The number of hydrogen-bond donors (Lipinski definition) is 1.